The molecule has 1 aliphatic heterocycles. The number of piperazine rings is 1. The van der Waals surface area contributed by atoms with Gasteiger partial charge in [-0.25, -0.2) is 4.39 Å². The molecule has 0 unspecified atom stereocenters. The molecule has 1 N–H and O–H groups in total. The molecule has 0 saturated carbocycles. The van der Waals surface area contributed by atoms with Gasteiger partial charge in [0.2, 0.25) is 5.91 Å². The van der Waals surface area contributed by atoms with Crippen molar-refractivity contribution in [3.05, 3.63) is 90.2 Å². The van der Waals surface area contributed by atoms with Crippen molar-refractivity contribution < 1.29 is 18.7 Å². The minimum atomic E-state index is -1.00. The zero-order valence-corrected chi connectivity index (χ0v) is 22.9. The molecule has 202 valence electrons. The van der Waals surface area contributed by atoms with E-state index >= 15 is 0 Å². The molecule has 1 fully saturated rings. The minimum absolute atomic E-state index is 0. The summed E-state index contributed by atoms with van der Waals surface area (Å²) < 4.78 is 19.7. The van der Waals surface area contributed by atoms with Crippen LogP contribution in [0.1, 0.15) is 25.5 Å². The van der Waals surface area contributed by atoms with E-state index in [0.717, 1.165) is 0 Å². The molecule has 38 heavy (non-hydrogen) atoms. The lowest BCUT2D eigenvalue weighted by atomic mass is 9.98. The summed E-state index contributed by atoms with van der Waals surface area (Å²) in [6, 6.07) is 21.1. The van der Waals surface area contributed by atoms with Crippen molar-refractivity contribution >= 4 is 41.5 Å². The first-order chi connectivity index (χ1) is 17.9. The van der Waals surface area contributed by atoms with Crippen molar-refractivity contribution in [2.75, 3.05) is 30.4 Å². The molecule has 0 radical (unpaired) electrons. The van der Waals surface area contributed by atoms with Crippen LogP contribution in [0.2, 0.25) is 0 Å². The van der Waals surface area contributed by atoms with E-state index in [-0.39, 0.29) is 30.2 Å². The first-order valence-corrected chi connectivity index (χ1v) is 12.9. The molecule has 2 amide bonds. The summed E-state index contributed by atoms with van der Waals surface area (Å²) in [5.41, 5.74) is 0.999. The fourth-order valence-electron chi connectivity index (χ4n) is 4.45. The van der Waals surface area contributed by atoms with Gasteiger partial charge >= 0.3 is 0 Å². The van der Waals surface area contributed by atoms with Crippen LogP contribution in [0.4, 0.5) is 10.1 Å². The van der Waals surface area contributed by atoms with Crippen LogP contribution in [0, 0.1) is 11.7 Å². The molecule has 2 atom stereocenters. The zero-order valence-electron chi connectivity index (χ0n) is 21.3. The molecule has 1 heterocycles. The van der Waals surface area contributed by atoms with Crippen LogP contribution in [-0.2, 0) is 9.59 Å². The molecule has 6 nitrogen and oxygen atoms in total. The standard InChI is InChI=1S/C29H31ClFN3O3.ClH/c1-20(2)26-19-33(17-16-32-26)29(36)28(21-8-10-22(31)11-9-21)34(27(35)18-30)23-12-14-25(15-13-23)37-24-6-4-3-5-7-24;/h3-15,20,26,28,32H,16-19H2,1-2H3;1H/t26-,28-;/m0./s1. The van der Waals surface area contributed by atoms with Gasteiger partial charge in [-0.05, 0) is 60.0 Å². The number of rotatable bonds is 8. The van der Waals surface area contributed by atoms with Gasteiger partial charge in [0.25, 0.3) is 5.91 Å². The van der Waals surface area contributed by atoms with Crippen molar-refractivity contribution in [1.82, 2.24) is 10.2 Å². The fourth-order valence-corrected chi connectivity index (χ4v) is 4.57. The highest BCUT2D eigenvalue weighted by Gasteiger charge is 2.37. The number of nitrogens with one attached hydrogen (secondary N) is 1. The molecular weight excluding hydrogens is 528 g/mol. The van der Waals surface area contributed by atoms with E-state index < -0.39 is 17.8 Å². The fraction of sp³-hybridized carbons (Fsp3) is 0.310. The number of anilines is 1. The smallest absolute Gasteiger partial charge is 0.250 e. The number of halogens is 3. The van der Waals surface area contributed by atoms with E-state index in [1.807, 2.05) is 30.3 Å². The SMILES string of the molecule is CC(C)[C@@H]1CN(C(=O)[C@H](c2ccc(F)cc2)N(C(=O)CCl)c2ccc(Oc3ccccc3)cc2)CCN1.Cl. The summed E-state index contributed by atoms with van der Waals surface area (Å²) in [4.78, 5) is 30.5. The summed E-state index contributed by atoms with van der Waals surface area (Å²) in [5, 5.41) is 3.45. The zero-order chi connectivity index (χ0) is 26.4. The monoisotopic (exact) mass is 559 g/mol. The van der Waals surface area contributed by atoms with Crippen LogP contribution < -0.4 is 15.0 Å². The molecule has 3 aromatic rings. The van der Waals surface area contributed by atoms with Crippen molar-refractivity contribution in [2.45, 2.75) is 25.9 Å². The Morgan fingerprint density at radius 1 is 1.03 bits per heavy atom. The summed E-state index contributed by atoms with van der Waals surface area (Å²) in [5.74, 6) is 0.191. The quantitative estimate of drug-likeness (QED) is 0.354. The van der Waals surface area contributed by atoms with Gasteiger partial charge in [-0.3, -0.25) is 14.5 Å². The topological polar surface area (TPSA) is 61.9 Å². The molecule has 0 aliphatic carbocycles. The van der Waals surface area contributed by atoms with Gasteiger partial charge in [-0.15, -0.1) is 24.0 Å². The maximum absolute atomic E-state index is 14.0. The summed E-state index contributed by atoms with van der Waals surface area (Å²) in [6.45, 7) is 5.88. The number of carbonyl (C=O) groups excluding carboxylic acids is 2. The Morgan fingerprint density at radius 2 is 1.66 bits per heavy atom. The molecule has 0 spiro atoms. The molecular formula is C29H32Cl2FN3O3. The molecule has 0 aromatic heterocycles. The van der Waals surface area contributed by atoms with Gasteiger partial charge in [-0.2, -0.15) is 0 Å². The number of benzene rings is 3. The first-order valence-electron chi connectivity index (χ1n) is 12.4. The number of para-hydroxylation sites is 1. The second-order valence-electron chi connectivity index (χ2n) is 9.35. The van der Waals surface area contributed by atoms with Crippen molar-refractivity contribution in [1.29, 1.82) is 0 Å². The highest BCUT2D eigenvalue weighted by atomic mass is 35.5. The van der Waals surface area contributed by atoms with Crippen molar-refractivity contribution in [3.63, 3.8) is 0 Å². The number of hydrogen-bond donors (Lipinski definition) is 1. The maximum Gasteiger partial charge on any atom is 0.250 e. The van der Waals surface area contributed by atoms with Gasteiger partial charge in [0.05, 0.1) is 0 Å². The van der Waals surface area contributed by atoms with E-state index in [0.29, 0.717) is 48.3 Å². The third-order valence-electron chi connectivity index (χ3n) is 6.48. The maximum atomic E-state index is 14.0. The second-order valence-corrected chi connectivity index (χ2v) is 9.62. The predicted molar refractivity (Wildman–Crippen MR) is 151 cm³/mol. The summed E-state index contributed by atoms with van der Waals surface area (Å²) in [6.07, 6.45) is 0. The molecule has 0 bridgehead atoms. The average Bonchev–Trinajstić information content (AvgIpc) is 2.93. The molecule has 1 saturated heterocycles. The number of amides is 2. The Labute approximate surface area is 234 Å². The Hall–Kier alpha value is -3.13. The minimum Gasteiger partial charge on any atom is -0.457 e. The third-order valence-corrected chi connectivity index (χ3v) is 6.71. The summed E-state index contributed by atoms with van der Waals surface area (Å²) in [7, 11) is 0. The highest BCUT2D eigenvalue weighted by Crippen LogP contribution is 2.32. The second kappa shape index (κ2) is 13.6. The van der Waals surface area contributed by atoms with Gasteiger partial charge in [0.15, 0.2) is 0 Å². The van der Waals surface area contributed by atoms with Crippen molar-refractivity contribution in [3.8, 4) is 11.5 Å². The highest BCUT2D eigenvalue weighted by molar-refractivity contribution is 6.29. The Balaban J connectivity index is 0.00000400. The van der Waals surface area contributed by atoms with Crippen molar-refractivity contribution in [2.24, 2.45) is 5.92 Å². The first kappa shape index (κ1) is 29.4. The Kier molecular flexibility index (Phi) is 10.5. The van der Waals surface area contributed by atoms with E-state index in [4.69, 9.17) is 16.3 Å². The third kappa shape index (κ3) is 7.04. The predicted octanol–water partition coefficient (Wildman–Crippen LogP) is 5.81. The van der Waals surface area contributed by atoms with Gasteiger partial charge in [-0.1, -0.05) is 44.2 Å². The van der Waals surface area contributed by atoms with Gasteiger partial charge < -0.3 is 15.0 Å². The van der Waals surface area contributed by atoms with Crippen LogP contribution in [0.15, 0.2) is 78.9 Å². The van der Waals surface area contributed by atoms with E-state index in [9.17, 15) is 14.0 Å². The Morgan fingerprint density at radius 3 is 2.26 bits per heavy atom. The molecule has 9 heteroatoms. The van der Waals surface area contributed by atoms with Gasteiger partial charge in [0.1, 0.15) is 29.2 Å². The average molecular weight is 560 g/mol. The van der Waals surface area contributed by atoms with Crippen LogP contribution in [0.5, 0.6) is 11.5 Å². The number of hydrogen-bond acceptors (Lipinski definition) is 4. The number of alkyl halides is 1. The lowest BCUT2D eigenvalue weighted by Gasteiger charge is -2.40. The number of nitrogens with zero attached hydrogens (tertiary/aromatic N) is 2. The normalized spacial score (nSPS) is 15.9. The molecule has 4 rings (SSSR count). The largest absolute Gasteiger partial charge is 0.457 e. The van der Waals surface area contributed by atoms with Gasteiger partial charge in [0, 0.05) is 31.4 Å². The lowest BCUT2D eigenvalue weighted by molar-refractivity contribution is -0.135. The van der Waals surface area contributed by atoms with E-state index in [2.05, 4.69) is 19.2 Å². The molecule has 3 aromatic carbocycles. The number of ether oxygens (including phenoxy) is 1. The van der Waals surface area contributed by atoms with Crippen LogP contribution in [-0.4, -0.2) is 48.3 Å². The summed E-state index contributed by atoms with van der Waals surface area (Å²) >= 11 is 6.04. The lowest BCUT2D eigenvalue weighted by Crippen LogP contribution is -2.57. The molecule has 1 aliphatic rings. The Bertz CT molecular complexity index is 1190. The van der Waals surface area contributed by atoms with Crippen LogP contribution >= 0.6 is 24.0 Å². The number of carbonyl (C=O) groups is 2. The van der Waals surface area contributed by atoms with Crippen LogP contribution in [0.3, 0.4) is 0 Å². The van der Waals surface area contributed by atoms with E-state index in [1.54, 1.807) is 41.3 Å². The van der Waals surface area contributed by atoms with Crippen LogP contribution in [0.25, 0.3) is 0 Å². The van der Waals surface area contributed by atoms with E-state index in [1.165, 1.54) is 17.0 Å².